The van der Waals surface area contributed by atoms with Gasteiger partial charge in [-0.15, -0.1) is 0 Å². The Labute approximate surface area is 163 Å². The number of aliphatic carboxylic acids is 1. The van der Waals surface area contributed by atoms with Crippen LogP contribution < -0.4 is 5.32 Å². The Balaban J connectivity index is 1.65. The lowest BCUT2D eigenvalue weighted by Crippen LogP contribution is -2.37. The standard InChI is InChI=1S/C21H23ClN2O3/c1-14(24-11-9-16(10-12-24)21(26)27)17-3-2-4-19(13-17)23-20(25)15-5-7-18(22)8-6-15/h2-8,13-14,16H,9-12H2,1H3,(H,23,25)(H,26,27). The number of piperidine rings is 1. The second-order valence-corrected chi connectivity index (χ2v) is 7.35. The van der Waals surface area contributed by atoms with Crippen molar-refractivity contribution in [2.75, 3.05) is 18.4 Å². The van der Waals surface area contributed by atoms with Crippen molar-refractivity contribution >= 4 is 29.2 Å². The third kappa shape index (κ3) is 4.87. The van der Waals surface area contributed by atoms with E-state index in [1.165, 1.54) is 0 Å². The van der Waals surface area contributed by atoms with Gasteiger partial charge in [0.1, 0.15) is 0 Å². The number of halogens is 1. The molecule has 1 saturated heterocycles. The zero-order chi connectivity index (χ0) is 19.4. The number of carbonyl (C=O) groups is 2. The minimum atomic E-state index is -0.700. The second kappa shape index (κ2) is 8.55. The van der Waals surface area contributed by atoms with Crippen molar-refractivity contribution in [3.8, 4) is 0 Å². The van der Waals surface area contributed by atoms with Crippen LogP contribution in [0.2, 0.25) is 5.02 Å². The number of carbonyl (C=O) groups excluding carboxylic acids is 1. The summed E-state index contributed by atoms with van der Waals surface area (Å²) in [6.45, 7) is 3.64. The molecule has 5 nitrogen and oxygen atoms in total. The molecule has 2 N–H and O–H groups in total. The first kappa shape index (κ1) is 19.4. The first-order valence-electron chi connectivity index (χ1n) is 9.08. The summed E-state index contributed by atoms with van der Waals surface area (Å²) in [5.41, 5.74) is 2.38. The van der Waals surface area contributed by atoms with E-state index in [9.17, 15) is 9.59 Å². The third-order valence-electron chi connectivity index (χ3n) is 5.16. The molecule has 1 unspecified atom stereocenters. The number of anilines is 1. The maximum Gasteiger partial charge on any atom is 0.306 e. The van der Waals surface area contributed by atoms with Crippen LogP contribution in [-0.4, -0.2) is 35.0 Å². The summed E-state index contributed by atoms with van der Waals surface area (Å²) in [7, 11) is 0. The molecule has 0 bridgehead atoms. The molecule has 0 aliphatic carbocycles. The molecule has 1 heterocycles. The van der Waals surface area contributed by atoms with Crippen LogP contribution in [0.5, 0.6) is 0 Å². The first-order chi connectivity index (χ1) is 12.9. The molecular formula is C21H23ClN2O3. The number of carboxylic acids is 1. The SMILES string of the molecule is CC(c1cccc(NC(=O)c2ccc(Cl)cc2)c1)N1CCC(C(=O)O)CC1. The van der Waals surface area contributed by atoms with E-state index in [1.807, 2.05) is 24.3 Å². The maximum absolute atomic E-state index is 12.4. The normalized spacial score (nSPS) is 16.7. The van der Waals surface area contributed by atoms with E-state index < -0.39 is 5.97 Å². The van der Waals surface area contributed by atoms with Crippen molar-refractivity contribution in [3.05, 3.63) is 64.7 Å². The van der Waals surface area contributed by atoms with Gasteiger partial charge in [-0.05, 0) is 74.8 Å². The Bertz CT molecular complexity index is 814. The molecule has 0 aromatic heterocycles. The lowest BCUT2D eigenvalue weighted by Gasteiger charge is -2.35. The van der Waals surface area contributed by atoms with E-state index in [0.717, 1.165) is 24.3 Å². The lowest BCUT2D eigenvalue weighted by atomic mass is 9.94. The molecule has 0 saturated carbocycles. The number of rotatable bonds is 5. The van der Waals surface area contributed by atoms with Gasteiger partial charge >= 0.3 is 5.97 Å². The Hall–Kier alpha value is -2.37. The highest BCUT2D eigenvalue weighted by atomic mass is 35.5. The van der Waals surface area contributed by atoms with Gasteiger partial charge in [-0.25, -0.2) is 0 Å². The quantitative estimate of drug-likeness (QED) is 0.796. The van der Waals surface area contributed by atoms with Crippen LogP contribution in [0.1, 0.15) is 41.7 Å². The van der Waals surface area contributed by atoms with Crippen molar-refractivity contribution in [2.45, 2.75) is 25.8 Å². The first-order valence-corrected chi connectivity index (χ1v) is 9.45. The minimum absolute atomic E-state index is 0.159. The molecule has 1 aliphatic heterocycles. The predicted molar refractivity (Wildman–Crippen MR) is 106 cm³/mol. The number of likely N-dealkylation sites (tertiary alicyclic amines) is 1. The van der Waals surface area contributed by atoms with Crippen LogP contribution in [0.4, 0.5) is 5.69 Å². The van der Waals surface area contributed by atoms with Crippen molar-refractivity contribution in [2.24, 2.45) is 5.92 Å². The second-order valence-electron chi connectivity index (χ2n) is 6.91. The van der Waals surface area contributed by atoms with Crippen molar-refractivity contribution < 1.29 is 14.7 Å². The van der Waals surface area contributed by atoms with Crippen LogP contribution in [0.3, 0.4) is 0 Å². The molecule has 142 valence electrons. The van der Waals surface area contributed by atoms with Crippen molar-refractivity contribution in [1.82, 2.24) is 4.90 Å². The Morgan fingerprint density at radius 2 is 1.81 bits per heavy atom. The zero-order valence-corrected chi connectivity index (χ0v) is 15.9. The summed E-state index contributed by atoms with van der Waals surface area (Å²) in [5.74, 6) is -1.12. The summed E-state index contributed by atoms with van der Waals surface area (Å²) in [6, 6.07) is 14.7. The van der Waals surface area contributed by atoms with Gasteiger partial charge in [0.2, 0.25) is 0 Å². The molecule has 0 spiro atoms. The molecule has 1 fully saturated rings. The molecule has 0 radical (unpaired) electrons. The van der Waals surface area contributed by atoms with Gasteiger partial charge in [0.15, 0.2) is 0 Å². The van der Waals surface area contributed by atoms with E-state index in [-0.39, 0.29) is 17.9 Å². The molecule has 2 aromatic carbocycles. The molecule has 2 aromatic rings. The van der Waals surface area contributed by atoms with E-state index in [4.69, 9.17) is 16.7 Å². The number of nitrogens with zero attached hydrogens (tertiary/aromatic N) is 1. The van der Waals surface area contributed by atoms with Crippen LogP contribution in [0.25, 0.3) is 0 Å². The highest BCUT2D eigenvalue weighted by molar-refractivity contribution is 6.30. The monoisotopic (exact) mass is 386 g/mol. The smallest absolute Gasteiger partial charge is 0.306 e. The van der Waals surface area contributed by atoms with Gasteiger partial charge in [0, 0.05) is 22.3 Å². The summed E-state index contributed by atoms with van der Waals surface area (Å²) >= 11 is 5.86. The minimum Gasteiger partial charge on any atom is -0.481 e. The van der Waals surface area contributed by atoms with Gasteiger partial charge in [-0.1, -0.05) is 23.7 Å². The fourth-order valence-electron chi connectivity index (χ4n) is 3.43. The highest BCUT2D eigenvalue weighted by Gasteiger charge is 2.27. The van der Waals surface area contributed by atoms with Gasteiger partial charge in [0.05, 0.1) is 5.92 Å². The summed E-state index contributed by atoms with van der Waals surface area (Å²) < 4.78 is 0. The number of nitrogens with one attached hydrogen (secondary N) is 1. The summed E-state index contributed by atoms with van der Waals surface area (Å²) in [6.07, 6.45) is 1.35. The van der Waals surface area contributed by atoms with Gasteiger partial charge in [-0.3, -0.25) is 14.5 Å². The average Bonchev–Trinajstić information content (AvgIpc) is 2.68. The van der Waals surface area contributed by atoms with E-state index in [2.05, 4.69) is 17.1 Å². The number of benzene rings is 2. The molecule has 27 heavy (non-hydrogen) atoms. The summed E-state index contributed by atoms with van der Waals surface area (Å²) in [5, 5.41) is 12.7. The fourth-order valence-corrected chi connectivity index (χ4v) is 3.55. The van der Waals surface area contributed by atoms with E-state index >= 15 is 0 Å². The van der Waals surface area contributed by atoms with Crippen LogP contribution in [-0.2, 0) is 4.79 Å². The maximum atomic E-state index is 12.4. The molecule has 6 heteroatoms. The summed E-state index contributed by atoms with van der Waals surface area (Å²) in [4.78, 5) is 25.8. The van der Waals surface area contributed by atoms with Gasteiger partial charge in [-0.2, -0.15) is 0 Å². The lowest BCUT2D eigenvalue weighted by molar-refractivity contribution is -0.143. The zero-order valence-electron chi connectivity index (χ0n) is 15.2. The number of hydrogen-bond donors (Lipinski definition) is 2. The Morgan fingerprint density at radius 3 is 2.44 bits per heavy atom. The van der Waals surface area contributed by atoms with E-state index in [1.54, 1.807) is 24.3 Å². The predicted octanol–water partition coefficient (Wildman–Crippen LogP) is 4.45. The third-order valence-corrected chi connectivity index (χ3v) is 5.41. The Morgan fingerprint density at radius 1 is 1.15 bits per heavy atom. The number of amides is 1. The molecular weight excluding hydrogens is 364 g/mol. The van der Waals surface area contributed by atoms with Gasteiger partial charge in [0.25, 0.3) is 5.91 Å². The van der Waals surface area contributed by atoms with Crippen molar-refractivity contribution in [3.63, 3.8) is 0 Å². The van der Waals surface area contributed by atoms with Crippen molar-refractivity contribution in [1.29, 1.82) is 0 Å². The molecule has 1 aliphatic rings. The molecule has 1 amide bonds. The van der Waals surface area contributed by atoms with Gasteiger partial charge < -0.3 is 10.4 Å². The number of hydrogen-bond acceptors (Lipinski definition) is 3. The molecule has 1 atom stereocenters. The van der Waals surface area contributed by atoms with E-state index in [0.29, 0.717) is 23.4 Å². The highest BCUT2D eigenvalue weighted by Crippen LogP contribution is 2.28. The fraction of sp³-hybridized carbons (Fsp3) is 0.333. The molecule has 3 rings (SSSR count). The topological polar surface area (TPSA) is 69.6 Å². The average molecular weight is 387 g/mol. The number of carboxylic acid groups (broad SMARTS) is 1. The van der Waals surface area contributed by atoms with Crippen LogP contribution in [0, 0.1) is 5.92 Å². The van der Waals surface area contributed by atoms with Crippen LogP contribution in [0.15, 0.2) is 48.5 Å². The Kier molecular flexibility index (Phi) is 6.14. The van der Waals surface area contributed by atoms with Crippen LogP contribution >= 0.6 is 11.6 Å². The largest absolute Gasteiger partial charge is 0.481 e.